The number of hydrogen-bond donors (Lipinski definition) is 2. The Morgan fingerprint density at radius 2 is 2.14 bits per heavy atom. The van der Waals surface area contributed by atoms with Crippen LogP contribution in [-0.4, -0.2) is 36.1 Å². The maximum atomic E-state index is 13.4. The molecule has 0 bridgehead atoms. The van der Waals surface area contributed by atoms with Gasteiger partial charge in [0.2, 0.25) is 0 Å². The van der Waals surface area contributed by atoms with E-state index in [1.807, 2.05) is 0 Å². The van der Waals surface area contributed by atoms with Gasteiger partial charge < -0.3 is 15.3 Å². The van der Waals surface area contributed by atoms with Crippen LogP contribution in [0.1, 0.15) is 30.9 Å². The van der Waals surface area contributed by atoms with Crippen LogP contribution >= 0.6 is 0 Å². The highest BCUT2D eigenvalue weighted by Gasteiger charge is 2.18. The normalized spacial score (nSPS) is 17.1. The maximum Gasteiger partial charge on any atom is 0.193 e. The number of guanidine groups is 1. The molecule has 1 saturated heterocycles. The molecule has 0 radical (unpaired) electrons. The topological polar surface area (TPSA) is 47.9 Å². The third-order valence-electron chi connectivity index (χ3n) is 4.03. The fourth-order valence-electron chi connectivity index (χ4n) is 2.59. The van der Waals surface area contributed by atoms with E-state index in [1.54, 1.807) is 19.2 Å². The van der Waals surface area contributed by atoms with E-state index in [0.717, 1.165) is 30.5 Å². The minimum atomic E-state index is -0.365. The first kappa shape index (κ1) is 15.8. The van der Waals surface area contributed by atoms with E-state index in [0.29, 0.717) is 12.1 Å². The largest absolute Gasteiger partial charge is 0.392 e. The molecule has 5 heteroatoms. The monoisotopic (exact) mass is 293 g/mol. The van der Waals surface area contributed by atoms with Crippen molar-refractivity contribution in [2.45, 2.75) is 32.9 Å². The Morgan fingerprint density at radius 3 is 2.76 bits per heavy atom. The Balaban J connectivity index is 1.94. The van der Waals surface area contributed by atoms with Gasteiger partial charge in [-0.05, 0) is 36.5 Å². The number of benzene rings is 1. The van der Waals surface area contributed by atoms with Crippen molar-refractivity contribution in [3.8, 4) is 0 Å². The third-order valence-corrected chi connectivity index (χ3v) is 4.03. The van der Waals surface area contributed by atoms with Crippen LogP contribution in [0.3, 0.4) is 0 Å². The summed E-state index contributed by atoms with van der Waals surface area (Å²) in [4.78, 5) is 6.58. The highest BCUT2D eigenvalue weighted by molar-refractivity contribution is 5.79. The van der Waals surface area contributed by atoms with Crippen molar-refractivity contribution in [1.82, 2.24) is 10.2 Å². The minimum Gasteiger partial charge on any atom is -0.392 e. The Bertz CT molecular complexity index is 496. The van der Waals surface area contributed by atoms with Gasteiger partial charge in [0.1, 0.15) is 5.82 Å². The number of nitrogens with one attached hydrogen (secondary N) is 1. The molecule has 0 unspecified atom stereocenters. The second kappa shape index (κ2) is 7.41. The summed E-state index contributed by atoms with van der Waals surface area (Å²) in [5, 5.41) is 12.4. The van der Waals surface area contributed by atoms with Gasteiger partial charge in [0.25, 0.3) is 0 Å². The van der Waals surface area contributed by atoms with Crippen molar-refractivity contribution in [2.24, 2.45) is 10.9 Å². The SMILES string of the molecule is CN=C(NCc1ccc(F)c(CO)c1)N1CCC(C)CC1. The zero-order valence-electron chi connectivity index (χ0n) is 12.8. The highest BCUT2D eigenvalue weighted by atomic mass is 19.1. The first-order chi connectivity index (χ1) is 10.1. The molecule has 4 nitrogen and oxygen atoms in total. The number of likely N-dealkylation sites (tertiary alicyclic amines) is 1. The van der Waals surface area contributed by atoms with E-state index < -0.39 is 0 Å². The molecule has 2 rings (SSSR count). The first-order valence-corrected chi connectivity index (χ1v) is 7.47. The van der Waals surface area contributed by atoms with Gasteiger partial charge in [-0.3, -0.25) is 4.99 Å². The number of aliphatic imine (C=N–C) groups is 1. The lowest BCUT2D eigenvalue weighted by molar-refractivity contribution is 0.273. The molecule has 116 valence electrons. The average Bonchev–Trinajstić information content (AvgIpc) is 2.51. The lowest BCUT2D eigenvalue weighted by Gasteiger charge is -2.33. The molecule has 1 heterocycles. The van der Waals surface area contributed by atoms with Crippen LogP contribution in [0.15, 0.2) is 23.2 Å². The zero-order valence-corrected chi connectivity index (χ0v) is 12.8. The van der Waals surface area contributed by atoms with Crippen molar-refractivity contribution in [3.05, 3.63) is 35.1 Å². The van der Waals surface area contributed by atoms with E-state index >= 15 is 0 Å². The summed E-state index contributed by atoms with van der Waals surface area (Å²) in [7, 11) is 1.78. The fourth-order valence-corrected chi connectivity index (χ4v) is 2.59. The number of nitrogens with zero attached hydrogens (tertiary/aromatic N) is 2. The van der Waals surface area contributed by atoms with Crippen molar-refractivity contribution >= 4 is 5.96 Å². The van der Waals surface area contributed by atoms with Crippen LogP contribution in [0.4, 0.5) is 4.39 Å². The summed E-state index contributed by atoms with van der Waals surface area (Å²) >= 11 is 0. The van der Waals surface area contributed by atoms with E-state index in [-0.39, 0.29) is 12.4 Å². The van der Waals surface area contributed by atoms with Crippen LogP contribution in [0.5, 0.6) is 0 Å². The van der Waals surface area contributed by atoms with E-state index in [4.69, 9.17) is 5.11 Å². The van der Waals surface area contributed by atoms with Gasteiger partial charge in [-0.25, -0.2) is 4.39 Å². The molecule has 1 aliphatic rings. The Hall–Kier alpha value is -1.62. The second-order valence-corrected chi connectivity index (χ2v) is 5.65. The molecular formula is C16H24FN3O. The molecule has 1 aliphatic heterocycles. The third kappa shape index (κ3) is 4.17. The molecule has 1 aromatic rings. The van der Waals surface area contributed by atoms with Crippen LogP contribution < -0.4 is 5.32 Å². The van der Waals surface area contributed by atoms with Gasteiger partial charge in [-0.15, -0.1) is 0 Å². The summed E-state index contributed by atoms with van der Waals surface area (Å²) in [5.74, 6) is 1.30. The van der Waals surface area contributed by atoms with Crippen LogP contribution in [0.25, 0.3) is 0 Å². The summed E-state index contributed by atoms with van der Waals surface area (Å²) in [6.07, 6.45) is 2.37. The van der Waals surface area contributed by atoms with Gasteiger partial charge in [-0.2, -0.15) is 0 Å². The molecule has 0 atom stereocenters. The molecule has 0 aromatic heterocycles. The number of rotatable bonds is 3. The molecule has 1 aromatic carbocycles. The molecule has 0 spiro atoms. The Kier molecular flexibility index (Phi) is 5.56. The van der Waals surface area contributed by atoms with Crippen LogP contribution in [0, 0.1) is 11.7 Å². The van der Waals surface area contributed by atoms with Gasteiger partial charge in [-0.1, -0.05) is 13.0 Å². The quantitative estimate of drug-likeness (QED) is 0.663. The smallest absolute Gasteiger partial charge is 0.193 e. The molecule has 0 amide bonds. The average molecular weight is 293 g/mol. The predicted molar refractivity (Wildman–Crippen MR) is 82.5 cm³/mol. The fraction of sp³-hybridized carbons (Fsp3) is 0.562. The van der Waals surface area contributed by atoms with Gasteiger partial charge in [0.05, 0.1) is 6.61 Å². The molecular weight excluding hydrogens is 269 g/mol. The zero-order chi connectivity index (χ0) is 15.2. The Morgan fingerprint density at radius 1 is 1.43 bits per heavy atom. The predicted octanol–water partition coefficient (Wildman–Crippen LogP) is 2.13. The van der Waals surface area contributed by atoms with Crippen molar-refractivity contribution in [1.29, 1.82) is 0 Å². The van der Waals surface area contributed by atoms with Crippen LogP contribution in [0.2, 0.25) is 0 Å². The van der Waals surface area contributed by atoms with Crippen molar-refractivity contribution in [3.63, 3.8) is 0 Å². The molecule has 1 fully saturated rings. The summed E-state index contributed by atoms with van der Waals surface area (Å²) in [5.41, 5.74) is 1.27. The number of piperidine rings is 1. The van der Waals surface area contributed by atoms with Gasteiger partial charge in [0.15, 0.2) is 5.96 Å². The van der Waals surface area contributed by atoms with Crippen LogP contribution in [-0.2, 0) is 13.2 Å². The highest BCUT2D eigenvalue weighted by Crippen LogP contribution is 2.16. The molecule has 0 saturated carbocycles. The van der Waals surface area contributed by atoms with Crippen molar-refractivity contribution in [2.75, 3.05) is 20.1 Å². The first-order valence-electron chi connectivity index (χ1n) is 7.47. The molecule has 21 heavy (non-hydrogen) atoms. The summed E-state index contributed by atoms with van der Waals surface area (Å²) in [6.45, 7) is 4.62. The summed E-state index contributed by atoms with van der Waals surface area (Å²) in [6, 6.07) is 4.81. The van der Waals surface area contributed by atoms with Crippen molar-refractivity contribution < 1.29 is 9.50 Å². The lowest BCUT2D eigenvalue weighted by Crippen LogP contribution is -2.45. The molecule has 2 N–H and O–H groups in total. The van der Waals surface area contributed by atoms with Gasteiger partial charge in [0, 0.05) is 32.2 Å². The molecule has 0 aliphatic carbocycles. The van der Waals surface area contributed by atoms with E-state index in [9.17, 15) is 4.39 Å². The van der Waals surface area contributed by atoms with E-state index in [1.165, 1.54) is 18.9 Å². The number of aliphatic hydroxyl groups excluding tert-OH is 1. The standard InChI is InChI=1S/C16H24FN3O/c1-12-5-7-20(8-6-12)16(18-2)19-10-13-3-4-15(17)14(9-13)11-21/h3-4,9,12,21H,5-8,10-11H2,1-2H3,(H,18,19). The number of aliphatic hydroxyl groups is 1. The second-order valence-electron chi connectivity index (χ2n) is 5.65. The lowest BCUT2D eigenvalue weighted by atomic mass is 9.99. The summed E-state index contributed by atoms with van der Waals surface area (Å²) < 4.78 is 13.4. The van der Waals surface area contributed by atoms with E-state index in [2.05, 4.69) is 22.1 Å². The number of hydrogen-bond acceptors (Lipinski definition) is 2. The van der Waals surface area contributed by atoms with Gasteiger partial charge >= 0.3 is 0 Å². The number of halogens is 1. The maximum absolute atomic E-state index is 13.4. The Labute approximate surface area is 125 Å². The minimum absolute atomic E-state index is 0.279.